The molecule has 0 aromatic rings. The lowest BCUT2D eigenvalue weighted by atomic mass is 10.0. The molecule has 0 aliphatic carbocycles. The Morgan fingerprint density at radius 2 is 0.929 bits per heavy atom. The number of carbonyl (C=O) groups is 1. The van der Waals surface area contributed by atoms with Gasteiger partial charge in [-0.05, 0) is 38.5 Å². The maximum atomic E-state index is 12.7. The van der Waals surface area contributed by atoms with Crippen LogP contribution in [0, 0.1) is 0 Å². The average Bonchev–Trinajstić information content (AvgIpc) is 3.15. The lowest BCUT2D eigenvalue weighted by Gasteiger charge is -2.28. The molecular weight excluding hydrogens is 721 g/mol. The van der Waals surface area contributed by atoms with Gasteiger partial charge in [-0.25, -0.2) is 0 Å². The van der Waals surface area contributed by atoms with E-state index in [-0.39, 0.29) is 25.8 Å². The molecule has 0 bridgehead atoms. The van der Waals surface area contributed by atoms with Gasteiger partial charge in [0.15, 0.2) is 0 Å². The fourth-order valence-electron chi connectivity index (χ4n) is 6.84. The van der Waals surface area contributed by atoms with Crippen LogP contribution in [-0.2, 0) is 27.9 Å². The number of carbonyl (C=O) groups excluding carboxylic acids is 1. The van der Waals surface area contributed by atoms with Crippen LogP contribution in [0.4, 0.5) is 0 Å². The second kappa shape index (κ2) is 41.0. The third-order valence-corrected chi connectivity index (χ3v) is 11.5. The summed E-state index contributed by atoms with van der Waals surface area (Å²) in [7, 11) is 1.37. The maximum Gasteiger partial charge on any atom is 0.306 e. The molecule has 8 nitrogen and oxygen atoms in total. The Morgan fingerprint density at radius 3 is 1.36 bits per heavy atom. The van der Waals surface area contributed by atoms with Gasteiger partial charge in [0.25, 0.3) is 7.82 Å². The highest BCUT2D eigenvalue weighted by molar-refractivity contribution is 7.45. The Hall–Kier alpha value is -0.760. The summed E-state index contributed by atoms with van der Waals surface area (Å²) >= 11 is 0. The number of rotatable bonds is 45. The number of phosphoric acid groups is 1. The molecule has 0 aliphatic rings. The Balaban J connectivity index is 4.17. The first-order valence-electron chi connectivity index (χ1n) is 23.9. The van der Waals surface area contributed by atoms with Gasteiger partial charge in [-0.1, -0.05) is 193 Å². The molecule has 2 atom stereocenters. The molecule has 334 valence electrons. The predicted octanol–water partition coefficient (Wildman–Crippen LogP) is 13.6. The third kappa shape index (κ3) is 44.3. The van der Waals surface area contributed by atoms with E-state index in [0.29, 0.717) is 24.1 Å². The average molecular weight is 816 g/mol. The minimum absolute atomic E-state index is 0.0283. The fourth-order valence-corrected chi connectivity index (χ4v) is 7.57. The summed E-state index contributed by atoms with van der Waals surface area (Å²) in [6.07, 6.45) is 45.1. The van der Waals surface area contributed by atoms with Crippen LogP contribution < -0.4 is 4.89 Å². The van der Waals surface area contributed by atoms with E-state index in [0.717, 1.165) is 32.1 Å². The van der Waals surface area contributed by atoms with Crippen LogP contribution in [0.25, 0.3) is 0 Å². The second-order valence-corrected chi connectivity index (χ2v) is 18.9. The number of allylic oxidation sites excluding steroid dienone is 2. The zero-order valence-corrected chi connectivity index (χ0v) is 38.7. The first kappa shape index (κ1) is 55.2. The van der Waals surface area contributed by atoms with Crippen molar-refractivity contribution in [2.75, 3.05) is 54.1 Å². The van der Waals surface area contributed by atoms with Crippen LogP contribution in [0.15, 0.2) is 12.2 Å². The van der Waals surface area contributed by atoms with Crippen molar-refractivity contribution in [2.24, 2.45) is 0 Å². The Bertz CT molecular complexity index is 909. The molecule has 0 saturated heterocycles. The molecule has 0 aromatic carbocycles. The quantitative estimate of drug-likeness (QED) is 0.0199. The smallest absolute Gasteiger partial charge is 0.306 e. The number of esters is 1. The Morgan fingerprint density at radius 1 is 0.536 bits per heavy atom. The fraction of sp³-hybridized carbons (Fsp3) is 0.936. The number of nitrogens with zero attached hydrogens (tertiary/aromatic N) is 1. The van der Waals surface area contributed by atoms with E-state index < -0.39 is 13.9 Å². The SMILES string of the molecule is CCCCCCCCC/C=C\CCCCCCCCOCC(COP(=O)([O-])OCC[N+](C)(C)C)OC(=O)CCCCCCCCCCCCCCCCCCC. The van der Waals surface area contributed by atoms with Crippen LogP contribution >= 0.6 is 7.82 Å². The van der Waals surface area contributed by atoms with Crippen molar-refractivity contribution in [1.82, 2.24) is 0 Å². The molecule has 0 heterocycles. The Labute approximate surface area is 348 Å². The van der Waals surface area contributed by atoms with Crippen LogP contribution in [0.5, 0.6) is 0 Å². The molecule has 0 amide bonds. The predicted molar refractivity (Wildman–Crippen MR) is 236 cm³/mol. The van der Waals surface area contributed by atoms with Gasteiger partial charge in [-0.15, -0.1) is 0 Å². The normalized spacial score (nSPS) is 13.8. The summed E-state index contributed by atoms with van der Waals surface area (Å²) in [5.74, 6) is -0.331. The molecule has 0 saturated carbocycles. The number of hydrogen-bond acceptors (Lipinski definition) is 7. The first-order chi connectivity index (χ1) is 27.1. The van der Waals surface area contributed by atoms with E-state index in [2.05, 4.69) is 26.0 Å². The van der Waals surface area contributed by atoms with Crippen molar-refractivity contribution >= 4 is 13.8 Å². The molecule has 0 aromatic heterocycles. The zero-order valence-electron chi connectivity index (χ0n) is 37.9. The topological polar surface area (TPSA) is 94.1 Å². The minimum Gasteiger partial charge on any atom is -0.756 e. The molecule has 56 heavy (non-hydrogen) atoms. The highest BCUT2D eigenvalue weighted by Gasteiger charge is 2.20. The summed E-state index contributed by atoms with van der Waals surface area (Å²) in [6.45, 7) is 5.44. The zero-order chi connectivity index (χ0) is 41.3. The van der Waals surface area contributed by atoms with Crippen LogP contribution in [0.2, 0.25) is 0 Å². The van der Waals surface area contributed by atoms with Crippen LogP contribution in [-0.4, -0.2) is 70.7 Å². The van der Waals surface area contributed by atoms with Crippen molar-refractivity contribution in [3.63, 3.8) is 0 Å². The molecular formula is C47H94NO7P. The van der Waals surface area contributed by atoms with Crippen molar-refractivity contribution in [3.8, 4) is 0 Å². The van der Waals surface area contributed by atoms with Crippen molar-refractivity contribution in [2.45, 2.75) is 232 Å². The minimum atomic E-state index is -4.52. The molecule has 0 fully saturated rings. The summed E-state index contributed by atoms with van der Waals surface area (Å²) in [5, 5.41) is 0. The molecule has 9 heteroatoms. The number of quaternary nitrogens is 1. The molecule has 2 unspecified atom stereocenters. The lowest BCUT2D eigenvalue weighted by Crippen LogP contribution is -2.37. The molecule has 0 N–H and O–H groups in total. The summed E-state index contributed by atoms with van der Waals surface area (Å²) < 4.78 is 34.7. The van der Waals surface area contributed by atoms with E-state index in [9.17, 15) is 14.3 Å². The van der Waals surface area contributed by atoms with E-state index in [1.807, 2.05) is 21.1 Å². The molecule has 0 radical (unpaired) electrons. The van der Waals surface area contributed by atoms with Gasteiger partial charge in [-0.3, -0.25) is 9.36 Å². The second-order valence-electron chi connectivity index (χ2n) is 17.5. The van der Waals surface area contributed by atoms with Gasteiger partial charge < -0.3 is 27.9 Å². The number of unbranched alkanes of at least 4 members (excludes halogenated alkanes) is 29. The number of phosphoric ester groups is 1. The van der Waals surface area contributed by atoms with E-state index in [1.165, 1.54) is 173 Å². The Kier molecular flexibility index (Phi) is 40.4. The highest BCUT2D eigenvalue weighted by Crippen LogP contribution is 2.38. The van der Waals surface area contributed by atoms with Crippen LogP contribution in [0.3, 0.4) is 0 Å². The van der Waals surface area contributed by atoms with E-state index in [4.69, 9.17) is 18.5 Å². The number of hydrogen-bond donors (Lipinski definition) is 0. The van der Waals surface area contributed by atoms with Gasteiger partial charge >= 0.3 is 5.97 Å². The van der Waals surface area contributed by atoms with E-state index >= 15 is 0 Å². The van der Waals surface area contributed by atoms with Gasteiger partial charge in [-0.2, -0.15) is 0 Å². The summed E-state index contributed by atoms with van der Waals surface area (Å²) in [6, 6.07) is 0. The maximum absolute atomic E-state index is 12.7. The van der Waals surface area contributed by atoms with Gasteiger partial charge in [0.1, 0.15) is 19.3 Å². The van der Waals surface area contributed by atoms with E-state index in [1.54, 1.807) is 0 Å². The highest BCUT2D eigenvalue weighted by atomic mass is 31.2. The van der Waals surface area contributed by atoms with Crippen molar-refractivity contribution in [3.05, 3.63) is 12.2 Å². The summed E-state index contributed by atoms with van der Waals surface area (Å²) in [5.41, 5.74) is 0. The number of ether oxygens (including phenoxy) is 2. The molecule has 0 aliphatic heterocycles. The lowest BCUT2D eigenvalue weighted by molar-refractivity contribution is -0.870. The van der Waals surface area contributed by atoms with Crippen LogP contribution in [0.1, 0.15) is 226 Å². The molecule has 0 rings (SSSR count). The summed E-state index contributed by atoms with van der Waals surface area (Å²) in [4.78, 5) is 25.1. The van der Waals surface area contributed by atoms with Gasteiger partial charge in [0, 0.05) is 13.0 Å². The first-order valence-corrected chi connectivity index (χ1v) is 25.4. The largest absolute Gasteiger partial charge is 0.756 e. The van der Waals surface area contributed by atoms with Gasteiger partial charge in [0.2, 0.25) is 0 Å². The monoisotopic (exact) mass is 816 g/mol. The number of likely N-dealkylation sites (N-methyl/N-ethyl adjacent to an activating group) is 1. The van der Waals surface area contributed by atoms with Crippen molar-refractivity contribution in [1.29, 1.82) is 0 Å². The standard InChI is InChI=1S/C47H94NO7P/c1-6-8-10-12-14-16-18-20-22-24-26-28-30-32-34-36-38-40-47(49)55-46(45-54-56(50,51)53-43-41-48(3,4)5)44-52-42-39-37-35-33-31-29-27-25-23-21-19-17-15-13-11-9-7-2/h23,25,46H,6-22,24,26-45H2,1-5H3/b25-23-. The van der Waals surface area contributed by atoms with Crippen molar-refractivity contribution < 1.29 is 37.3 Å². The third-order valence-electron chi connectivity index (χ3n) is 10.6. The van der Waals surface area contributed by atoms with Gasteiger partial charge in [0.05, 0.1) is 34.4 Å². The molecule has 0 spiro atoms.